The molecular weight excluding hydrogens is 286 g/mol. The van der Waals surface area contributed by atoms with E-state index in [0.717, 1.165) is 4.47 Å². The highest BCUT2D eigenvalue weighted by Gasteiger charge is 2.21. The molecule has 0 unspecified atom stereocenters. The van der Waals surface area contributed by atoms with Crippen LogP contribution in [0, 0.1) is 0 Å². The van der Waals surface area contributed by atoms with E-state index in [9.17, 15) is 4.79 Å². The Balaban J connectivity index is 2.33. The first-order valence-corrected chi connectivity index (χ1v) is 5.90. The molecule has 0 atom stereocenters. The van der Waals surface area contributed by atoms with Crippen LogP contribution >= 0.6 is 15.9 Å². The van der Waals surface area contributed by atoms with E-state index in [-0.39, 0.29) is 5.82 Å². The lowest BCUT2D eigenvalue weighted by atomic mass is 10.2. The summed E-state index contributed by atoms with van der Waals surface area (Å²) in [6.07, 6.45) is 1.72. The lowest BCUT2D eigenvalue weighted by Gasteiger charge is -2.17. The second kappa shape index (κ2) is 4.10. The van der Waals surface area contributed by atoms with Gasteiger partial charge < -0.3 is 4.74 Å². The quantitative estimate of drug-likeness (QED) is 0.759. The van der Waals surface area contributed by atoms with Crippen LogP contribution in [0.5, 0.6) is 0 Å². The molecule has 6 heteroatoms. The van der Waals surface area contributed by atoms with E-state index in [1.54, 1.807) is 33.0 Å². The molecule has 0 fully saturated rings. The van der Waals surface area contributed by atoms with Gasteiger partial charge in [-0.15, -0.1) is 5.10 Å². The van der Waals surface area contributed by atoms with Crippen LogP contribution < -0.4 is 0 Å². The molecule has 0 bridgehead atoms. The molecule has 2 aromatic rings. The van der Waals surface area contributed by atoms with Crippen molar-refractivity contribution in [3.63, 3.8) is 0 Å². The van der Waals surface area contributed by atoms with Crippen molar-refractivity contribution in [2.45, 2.75) is 26.4 Å². The second-order valence-electron chi connectivity index (χ2n) is 4.59. The molecule has 0 aliphatic heterocycles. The average Bonchev–Trinajstić information content (AvgIpc) is 2.57. The molecule has 2 aromatic heterocycles. The standard InChI is InChI=1S/C11H12BrN3O2/c1-11(2,3)17-10(16)9-13-8-6-7(12)4-5-15(8)14-9/h4-6H,1-3H3. The molecule has 0 aromatic carbocycles. The highest BCUT2D eigenvalue weighted by Crippen LogP contribution is 2.13. The fourth-order valence-electron chi connectivity index (χ4n) is 1.27. The minimum absolute atomic E-state index is 0.0676. The lowest BCUT2D eigenvalue weighted by molar-refractivity contribution is 0.00560. The van der Waals surface area contributed by atoms with Gasteiger partial charge in [-0.1, -0.05) is 15.9 Å². The van der Waals surface area contributed by atoms with Crippen LogP contribution in [-0.2, 0) is 4.74 Å². The molecule has 0 saturated heterocycles. The van der Waals surface area contributed by atoms with Crippen LogP contribution in [0.3, 0.4) is 0 Å². The van der Waals surface area contributed by atoms with Gasteiger partial charge in [0.1, 0.15) is 5.60 Å². The molecule has 17 heavy (non-hydrogen) atoms. The number of esters is 1. The number of hydrogen-bond acceptors (Lipinski definition) is 4. The monoisotopic (exact) mass is 297 g/mol. The summed E-state index contributed by atoms with van der Waals surface area (Å²) < 4.78 is 7.61. The first kappa shape index (κ1) is 12.0. The predicted molar refractivity (Wildman–Crippen MR) is 65.9 cm³/mol. The lowest BCUT2D eigenvalue weighted by Crippen LogP contribution is -2.24. The largest absolute Gasteiger partial charge is 0.454 e. The minimum atomic E-state index is -0.546. The summed E-state index contributed by atoms with van der Waals surface area (Å²) in [6, 6.07) is 3.60. The Morgan fingerprint density at radius 1 is 1.47 bits per heavy atom. The van der Waals surface area contributed by atoms with Crippen molar-refractivity contribution in [3.05, 3.63) is 28.6 Å². The zero-order chi connectivity index (χ0) is 12.6. The van der Waals surface area contributed by atoms with Gasteiger partial charge in [0.15, 0.2) is 5.65 Å². The van der Waals surface area contributed by atoms with Crippen molar-refractivity contribution in [2.24, 2.45) is 0 Å². The first-order valence-electron chi connectivity index (χ1n) is 5.10. The Bertz CT molecular complexity index is 572. The van der Waals surface area contributed by atoms with Gasteiger partial charge in [-0.3, -0.25) is 0 Å². The van der Waals surface area contributed by atoms with Crippen molar-refractivity contribution < 1.29 is 9.53 Å². The molecule has 2 heterocycles. The molecule has 0 spiro atoms. The topological polar surface area (TPSA) is 56.5 Å². The van der Waals surface area contributed by atoms with Gasteiger partial charge in [0.2, 0.25) is 0 Å². The number of pyridine rings is 1. The molecule has 5 nitrogen and oxygen atoms in total. The Morgan fingerprint density at radius 3 is 2.82 bits per heavy atom. The van der Waals surface area contributed by atoms with Crippen molar-refractivity contribution >= 4 is 27.5 Å². The molecular formula is C11H12BrN3O2. The van der Waals surface area contributed by atoms with Crippen LogP contribution in [0.25, 0.3) is 5.65 Å². The number of rotatable bonds is 1. The van der Waals surface area contributed by atoms with Gasteiger partial charge >= 0.3 is 5.97 Å². The highest BCUT2D eigenvalue weighted by atomic mass is 79.9. The normalized spacial score (nSPS) is 11.8. The molecule has 0 aliphatic rings. The van der Waals surface area contributed by atoms with E-state index in [1.807, 2.05) is 6.07 Å². The third-order valence-electron chi connectivity index (χ3n) is 1.88. The van der Waals surface area contributed by atoms with Crippen molar-refractivity contribution in [1.29, 1.82) is 0 Å². The summed E-state index contributed by atoms with van der Waals surface area (Å²) in [5.41, 5.74) is 0.0510. The molecule has 2 rings (SSSR count). The average molecular weight is 298 g/mol. The smallest absolute Gasteiger partial charge is 0.378 e. The molecule has 0 amide bonds. The minimum Gasteiger partial charge on any atom is -0.454 e. The number of carbonyl (C=O) groups excluding carboxylic acids is 1. The van der Waals surface area contributed by atoms with Gasteiger partial charge in [-0.25, -0.2) is 14.3 Å². The van der Waals surface area contributed by atoms with Crippen LogP contribution in [0.15, 0.2) is 22.8 Å². The van der Waals surface area contributed by atoms with E-state index in [0.29, 0.717) is 5.65 Å². The Kier molecular flexibility index (Phi) is 2.91. The van der Waals surface area contributed by atoms with E-state index in [2.05, 4.69) is 26.0 Å². The molecule has 0 radical (unpaired) electrons. The maximum atomic E-state index is 11.7. The zero-order valence-corrected chi connectivity index (χ0v) is 11.4. The first-order chi connectivity index (χ1) is 7.85. The number of halogens is 1. The number of carbonyl (C=O) groups is 1. The number of hydrogen-bond donors (Lipinski definition) is 0. The fourth-order valence-corrected chi connectivity index (χ4v) is 1.59. The summed E-state index contributed by atoms with van der Waals surface area (Å²) in [4.78, 5) is 15.8. The summed E-state index contributed by atoms with van der Waals surface area (Å²) in [5.74, 6) is -0.449. The highest BCUT2D eigenvalue weighted by molar-refractivity contribution is 9.10. The van der Waals surface area contributed by atoms with Gasteiger partial charge in [0.05, 0.1) is 0 Å². The number of aromatic nitrogens is 3. The van der Waals surface area contributed by atoms with E-state index in [4.69, 9.17) is 4.74 Å². The summed E-state index contributed by atoms with van der Waals surface area (Å²) >= 11 is 3.33. The third-order valence-corrected chi connectivity index (χ3v) is 2.37. The van der Waals surface area contributed by atoms with Gasteiger partial charge in [0, 0.05) is 10.7 Å². The maximum absolute atomic E-state index is 11.7. The fraction of sp³-hybridized carbons (Fsp3) is 0.364. The third kappa shape index (κ3) is 2.82. The number of ether oxygens (including phenoxy) is 1. The Hall–Kier alpha value is -1.43. The predicted octanol–water partition coefficient (Wildman–Crippen LogP) is 2.45. The molecule has 0 aliphatic carbocycles. The summed E-state index contributed by atoms with van der Waals surface area (Å²) in [5, 5.41) is 4.05. The van der Waals surface area contributed by atoms with Gasteiger partial charge in [-0.05, 0) is 32.9 Å². The Morgan fingerprint density at radius 2 is 2.18 bits per heavy atom. The SMILES string of the molecule is CC(C)(C)OC(=O)c1nc2cc(Br)ccn2n1. The number of fused-ring (bicyclic) bond motifs is 1. The Labute approximate surface area is 107 Å². The van der Waals surface area contributed by atoms with E-state index in [1.165, 1.54) is 4.52 Å². The summed E-state index contributed by atoms with van der Waals surface area (Å²) in [6.45, 7) is 5.41. The van der Waals surface area contributed by atoms with Crippen LogP contribution in [0.2, 0.25) is 0 Å². The van der Waals surface area contributed by atoms with Crippen LogP contribution in [0.1, 0.15) is 31.4 Å². The van der Waals surface area contributed by atoms with E-state index < -0.39 is 11.6 Å². The van der Waals surface area contributed by atoms with Gasteiger partial charge in [-0.2, -0.15) is 0 Å². The molecule has 90 valence electrons. The van der Waals surface area contributed by atoms with Crippen molar-refractivity contribution in [3.8, 4) is 0 Å². The van der Waals surface area contributed by atoms with Gasteiger partial charge in [0.25, 0.3) is 5.82 Å². The van der Waals surface area contributed by atoms with Crippen LogP contribution in [-0.4, -0.2) is 26.2 Å². The number of nitrogens with zero attached hydrogens (tertiary/aromatic N) is 3. The van der Waals surface area contributed by atoms with Crippen molar-refractivity contribution in [2.75, 3.05) is 0 Å². The molecule has 0 saturated carbocycles. The van der Waals surface area contributed by atoms with Crippen molar-refractivity contribution in [1.82, 2.24) is 14.6 Å². The molecule has 0 N–H and O–H groups in total. The second-order valence-corrected chi connectivity index (χ2v) is 5.50. The zero-order valence-electron chi connectivity index (χ0n) is 9.77. The van der Waals surface area contributed by atoms with E-state index >= 15 is 0 Å². The maximum Gasteiger partial charge on any atom is 0.378 e. The van der Waals surface area contributed by atoms with Crippen LogP contribution in [0.4, 0.5) is 0 Å². The summed E-state index contributed by atoms with van der Waals surface area (Å²) in [7, 11) is 0.